The molecule has 2 aromatic rings. The fourth-order valence-electron chi connectivity index (χ4n) is 3.57. The van der Waals surface area contributed by atoms with E-state index < -0.39 is 29.8 Å². The van der Waals surface area contributed by atoms with Crippen LogP contribution in [-0.2, 0) is 20.4 Å². The van der Waals surface area contributed by atoms with Gasteiger partial charge in [-0.25, -0.2) is 9.59 Å². The Bertz CT molecular complexity index is 1190. The average molecular weight is 523 g/mol. The summed E-state index contributed by atoms with van der Waals surface area (Å²) in [7, 11) is 3.20. The number of rotatable bonds is 7. The first kappa shape index (κ1) is 27.0. The fourth-order valence-corrected chi connectivity index (χ4v) is 3.82. The van der Waals surface area contributed by atoms with Gasteiger partial charge in [0.2, 0.25) is 0 Å². The Morgan fingerprint density at radius 2 is 1.83 bits per heavy atom. The predicted octanol–water partition coefficient (Wildman–Crippen LogP) is 4.67. The smallest absolute Gasteiger partial charge is 0.418 e. The number of alkyl halides is 3. The predicted molar refractivity (Wildman–Crippen MR) is 132 cm³/mol. The van der Waals surface area contributed by atoms with Crippen molar-refractivity contribution in [3.8, 4) is 0 Å². The van der Waals surface area contributed by atoms with Crippen LogP contribution in [0.3, 0.4) is 0 Å². The van der Waals surface area contributed by atoms with Gasteiger partial charge in [0, 0.05) is 25.5 Å². The number of hydrogen-bond donors (Lipinski definition) is 3. The topological polar surface area (TPSA) is 91.9 Å². The molecular formula is C24H25F3N4O4S. The van der Waals surface area contributed by atoms with E-state index in [-0.39, 0.29) is 18.9 Å². The Hall–Kier alpha value is -3.64. The molecular weight excluding hydrogens is 497 g/mol. The molecule has 0 bridgehead atoms. The second-order valence-corrected chi connectivity index (χ2v) is 8.20. The maximum atomic E-state index is 13.2. The number of thiocarbonyl (C=S) groups is 1. The van der Waals surface area contributed by atoms with Crippen LogP contribution in [-0.4, -0.2) is 49.4 Å². The summed E-state index contributed by atoms with van der Waals surface area (Å²) in [6, 6.07) is 9.66. The second kappa shape index (κ2) is 11.4. The summed E-state index contributed by atoms with van der Waals surface area (Å²) in [5.41, 5.74) is 0.452. The molecule has 1 unspecified atom stereocenters. The van der Waals surface area contributed by atoms with E-state index in [1.165, 1.54) is 19.2 Å². The van der Waals surface area contributed by atoms with Crippen LogP contribution in [0.1, 0.15) is 24.1 Å². The van der Waals surface area contributed by atoms with Crippen LogP contribution in [0.2, 0.25) is 0 Å². The molecule has 2 aromatic carbocycles. The quantitative estimate of drug-likeness (QED) is 0.276. The average Bonchev–Trinajstić information content (AvgIpc) is 2.82. The summed E-state index contributed by atoms with van der Waals surface area (Å²) in [6.07, 6.45) is -4.62. The van der Waals surface area contributed by atoms with E-state index in [1.54, 1.807) is 43.1 Å². The van der Waals surface area contributed by atoms with Gasteiger partial charge in [0.1, 0.15) is 6.61 Å². The normalized spacial score (nSPS) is 15.9. The van der Waals surface area contributed by atoms with Crippen LogP contribution in [0.5, 0.6) is 0 Å². The zero-order valence-electron chi connectivity index (χ0n) is 19.7. The number of esters is 1. The lowest BCUT2D eigenvalue weighted by Crippen LogP contribution is -2.46. The van der Waals surface area contributed by atoms with Gasteiger partial charge >= 0.3 is 18.2 Å². The number of nitrogens with one attached hydrogen (secondary N) is 3. The maximum Gasteiger partial charge on any atom is 0.418 e. The molecule has 0 radical (unpaired) electrons. The van der Waals surface area contributed by atoms with Crippen molar-refractivity contribution in [3.05, 3.63) is 70.9 Å². The zero-order valence-corrected chi connectivity index (χ0v) is 20.5. The van der Waals surface area contributed by atoms with Gasteiger partial charge in [0.15, 0.2) is 5.11 Å². The molecule has 8 nitrogen and oxygen atoms in total. The molecule has 1 aliphatic rings. The van der Waals surface area contributed by atoms with Crippen molar-refractivity contribution in [1.82, 2.24) is 10.2 Å². The molecule has 36 heavy (non-hydrogen) atoms. The van der Waals surface area contributed by atoms with Gasteiger partial charge in [-0.2, -0.15) is 13.2 Å². The monoisotopic (exact) mass is 522 g/mol. The largest absolute Gasteiger partial charge is 0.460 e. The number of benzene rings is 2. The minimum atomic E-state index is -4.62. The number of nitrogens with zero attached hydrogens (tertiary/aromatic N) is 1. The number of hydrogen-bond acceptors (Lipinski definition) is 5. The molecule has 2 amide bonds. The minimum absolute atomic E-state index is 0.0637. The van der Waals surface area contributed by atoms with E-state index in [0.29, 0.717) is 27.6 Å². The molecule has 0 saturated heterocycles. The third kappa shape index (κ3) is 6.32. The third-order valence-electron chi connectivity index (χ3n) is 5.45. The zero-order chi connectivity index (χ0) is 26.5. The molecule has 0 spiro atoms. The van der Waals surface area contributed by atoms with Gasteiger partial charge < -0.3 is 30.3 Å². The van der Waals surface area contributed by atoms with Gasteiger partial charge in [-0.15, -0.1) is 0 Å². The molecule has 1 heterocycles. The molecule has 0 saturated carbocycles. The molecule has 1 atom stereocenters. The van der Waals surface area contributed by atoms with Gasteiger partial charge in [-0.3, -0.25) is 0 Å². The van der Waals surface area contributed by atoms with Gasteiger partial charge in [-0.1, -0.05) is 24.3 Å². The summed E-state index contributed by atoms with van der Waals surface area (Å²) in [5.74, 6) is -0.559. The maximum absolute atomic E-state index is 13.2. The van der Waals surface area contributed by atoms with Gasteiger partial charge in [-0.05, 0) is 49.0 Å². The van der Waals surface area contributed by atoms with Gasteiger partial charge in [0.05, 0.1) is 29.5 Å². The van der Waals surface area contributed by atoms with E-state index in [4.69, 9.17) is 21.7 Å². The lowest BCUT2D eigenvalue weighted by Gasteiger charge is -2.35. The highest BCUT2D eigenvalue weighted by Gasteiger charge is 2.34. The Kier molecular flexibility index (Phi) is 8.53. The number of amides is 2. The molecule has 0 aliphatic carbocycles. The Morgan fingerprint density at radius 1 is 1.11 bits per heavy atom. The number of carbonyl (C=O) groups excluding carboxylic acids is 2. The van der Waals surface area contributed by atoms with E-state index in [9.17, 15) is 22.8 Å². The fraction of sp³-hybridized carbons (Fsp3) is 0.292. The van der Waals surface area contributed by atoms with E-state index in [2.05, 4.69) is 16.0 Å². The Balaban J connectivity index is 1.83. The molecule has 192 valence electrons. The lowest BCUT2D eigenvalue weighted by atomic mass is 9.95. The number of ether oxygens (including phenoxy) is 2. The van der Waals surface area contributed by atoms with Crippen molar-refractivity contribution in [1.29, 1.82) is 0 Å². The van der Waals surface area contributed by atoms with Crippen LogP contribution in [0.15, 0.2) is 59.8 Å². The molecule has 3 N–H and O–H groups in total. The highest BCUT2D eigenvalue weighted by molar-refractivity contribution is 7.80. The third-order valence-corrected chi connectivity index (χ3v) is 5.84. The Labute approximate surface area is 211 Å². The van der Waals surface area contributed by atoms with Crippen molar-refractivity contribution < 1.29 is 32.2 Å². The first-order valence-electron chi connectivity index (χ1n) is 10.8. The van der Waals surface area contributed by atoms with Crippen molar-refractivity contribution in [2.45, 2.75) is 19.1 Å². The number of carbonyl (C=O) groups is 2. The van der Waals surface area contributed by atoms with E-state index >= 15 is 0 Å². The van der Waals surface area contributed by atoms with Crippen LogP contribution >= 0.6 is 12.2 Å². The number of allylic oxidation sites excluding steroid dienone is 1. The molecule has 3 rings (SSSR count). The summed E-state index contributed by atoms with van der Waals surface area (Å²) in [5, 5.41) is 8.23. The number of para-hydroxylation sites is 1. The Morgan fingerprint density at radius 3 is 2.53 bits per heavy atom. The number of methoxy groups -OCH3 is 1. The van der Waals surface area contributed by atoms with Crippen LogP contribution in [0.25, 0.3) is 0 Å². The molecule has 12 heteroatoms. The summed E-state index contributed by atoms with van der Waals surface area (Å²) in [4.78, 5) is 27.0. The summed E-state index contributed by atoms with van der Waals surface area (Å²) >= 11 is 5.38. The summed E-state index contributed by atoms with van der Waals surface area (Å²) in [6.45, 7) is 2.03. The number of anilines is 2. The SMILES string of the molecule is COCCOC(=O)C1=C(C)N(C)C(=S)NC1c1cccc(NC(=O)Nc2ccccc2C(F)(F)F)c1. The van der Waals surface area contributed by atoms with E-state index in [1.807, 2.05) is 0 Å². The van der Waals surface area contributed by atoms with Crippen molar-refractivity contribution >= 4 is 40.7 Å². The van der Waals surface area contributed by atoms with Crippen molar-refractivity contribution in [2.24, 2.45) is 0 Å². The highest BCUT2D eigenvalue weighted by atomic mass is 32.1. The van der Waals surface area contributed by atoms with Crippen molar-refractivity contribution in [3.63, 3.8) is 0 Å². The highest BCUT2D eigenvalue weighted by Crippen LogP contribution is 2.35. The standard InChI is InChI=1S/C24H25F3N4O4S/c1-14-19(21(32)35-12-11-34-3)20(30-23(36)31(14)2)15-7-6-8-16(13-15)28-22(33)29-18-10-5-4-9-17(18)24(25,26)27/h4-10,13,20H,11-12H2,1-3H3,(H,30,36)(H2,28,29,33). The van der Waals surface area contributed by atoms with E-state index in [0.717, 1.165) is 12.1 Å². The van der Waals surface area contributed by atoms with Crippen LogP contribution < -0.4 is 16.0 Å². The van der Waals surface area contributed by atoms with Crippen LogP contribution in [0, 0.1) is 0 Å². The number of halogens is 3. The van der Waals surface area contributed by atoms with Crippen molar-refractivity contribution in [2.75, 3.05) is 38.0 Å². The number of urea groups is 1. The molecule has 1 aliphatic heterocycles. The first-order valence-corrected chi connectivity index (χ1v) is 11.2. The second-order valence-electron chi connectivity index (χ2n) is 7.82. The molecule has 0 fully saturated rings. The first-order chi connectivity index (χ1) is 17.0. The minimum Gasteiger partial charge on any atom is -0.460 e. The molecule has 0 aromatic heterocycles. The van der Waals surface area contributed by atoms with Crippen LogP contribution in [0.4, 0.5) is 29.3 Å². The summed E-state index contributed by atoms with van der Waals surface area (Å²) < 4.78 is 50.0. The lowest BCUT2D eigenvalue weighted by molar-refractivity contribution is -0.141. The van der Waals surface area contributed by atoms with Gasteiger partial charge in [0.25, 0.3) is 0 Å².